The zero-order chi connectivity index (χ0) is 8.81. The smallest absolute Gasteiger partial charge is 0.131 e. The van der Waals surface area contributed by atoms with E-state index in [1.807, 2.05) is 0 Å². The van der Waals surface area contributed by atoms with E-state index in [0.29, 0.717) is 12.5 Å². The van der Waals surface area contributed by atoms with Crippen molar-refractivity contribution in [1.82, 2.24) is 10.6 Å². The summed E-state index contributed by atoms with van der Waals surface area (Å²) in [6.07, 6.45) is 2.93. The van der Waals surface area contributed by atoms with Crippen molar-refractivity contribution in [3.63, 3.8) is 0 Å². The van der Waals surface area contributed by atoms with Gasteiger partial charge in [-0.15, -0.1) is 0 Å². The Morgan fingerprint density at radius 3 is 2.75 bits per heavy atom. The number of nitrogens with zero attached hydrogens (tertiary/aromatic N) is 1. The fourth-order valence-electron chi connectivity index (χ4n) is 1.41. The molecule has 1 aliphatic heterocycles. The number of hydrogen-bond acceptors (Lipinski definition) is 2. The van der Waals surface area contributed by atoms with Gasteiger partial charge in [0, 0.05) is 32.1 Å². The highest BCUT2D eigenvalue weighted by molar-refractivity contribution is 5.75. The van der Waals surface area contributed by atoms with Crippen molar-refractivity contribution in [1.29, 1.82) is 0 Å². The van der Waals surface area contributed by atoms with Gasteiger partial charge in [-0.2, -0.15) is 0 Å². The molecule has 0 saturated carbocycles. The molecule has 1 aliphatic rings. The van der Waals surface area contributed by atoms with Gasteiger partial charge in [0.1, 0.15) is 5.78 Å². The summed E-state index contributed by atoms with van der Waals surface area (Å²) in [4.78, 5) is 10.6. The molecular formula is C9H17N2O. The van der Waals surface area contributed by atoms with Crippen LogP contribution < -0.4 is 10.6 Å². The van der Waals surface area contributed by atoms with Gasteiger partial charge < -0.3 is 5.32 Å². The molecule has 0 atom stereocenters. The number of Topliss-reactive ketones (excluding diaryl/α,β-unsaturated/α-hetero) is 1. The van der Waals surface area contributed by atoms with E-state index in [2.05, 4.69) is 10.6 Å². The molecule has 3 heteroatoms. The van der Waals surface area contributed by atoms with Crippen LogP contribution in [0.5, 0.6) is 0 Å². The Balaban J connectivity index is 2.01. The quantitative estimate of drug-likeness (QED) is 0.658. The third-order valence-corrected chi connectivity index (χ3v) is 2.18. The average molecular weight is 169 g/mol. The molecule has 3 nitrogen and oxygen atoms in total. The van der Waals surface area contributed by atoms with Gasteiger partial charge >= 0.3 is 0 Å². The first-order valence-electron chi connectivity index (χ1n) is 4.65. The molecular weight excluding hydrogens is 152 g/mol. The monoisotopic (exact) mass is 169 g/mol. The molecule has 69 valence electrons. The Bertz CT molecular complexity index is 141. The lowest BCUT2D eigenvalue weighted by atomic mass is 10.1. The average Bonchev–Trinajstić information content (AvgIpc) is 2.05. The van der Waals surface area contributed by atoms with E-state index in [1.54, 1.807) is 6.92 Å². The van der Waals surface area contributed by atoms with Crippen molar-refractivity contribution in [2.45, 2.75) is 32.2 Å². The molecule has 12 heavy (non-hydrogen) atoms. The van der Waals surface area contributed by atoms with Crippen LogP contribution in [-0.4, -0.2) is 31.5 Å². The summed E-state index contributed by atoms with van der Waals surface area (Å²) in [7, 11) is 0. The highest BCUT2D eigenvalue weighted by Crippen LogP contribution is 2.02. The Hall–Kier alpha value is -0.410. The number of ketones is 1. The van der Waals surface area contributed by atoms with Crippen LogP contribution in [0.2, 0.25) is 0 Å². The lowest BCUT2D eigenvalue weighted by Gasteiger charge is -2.22. The van der Waals surface area contributed by atoms with Crippen LogP contribution in [0.25, 0.3) is 0 Å². The molecule has 1 heterocycles. The molecule has 0 aromatic heterocycles. The van der Waals surface area contributed by atoms with E-state index in [9.17, 15) is 4.79 Å². The molecule has 1 rings (SSSR count). The molecule has 1 radical (unpaired) electrons. The van der Waals surface area contributed by atoms with E-state index in [4.69, 9.17) is 0 Å². The van der Waals surface area contributed by atoms with Gasteiger partial charge in [0.25, 0.3) is 0 Å². The topological polar surface area (TPSA) is 43.2 Å². The predicted octanol–water partition coefficient (Wildman–Crippen LogP) is 0.322. The second-order valence-corrected chi connectivity index (χ2v) is 3.35. The number of piperidine rings is 1. The molecule has 1 fully saturated rings. The normalized spacial score (nSPS) is 19.4. The summed E-state index contributed by atoms with van der Waals surface area (Å²) >= 11 is 0. The second-order valence-electron chi connectivity index (χ2n) is 3.35. The van der Waals surface area contributed by atoms with E-state index in [1.165, 1.54) is 0 Å². The van der Waals surface area contributed by atoms with Gasteiger partial charge in [0.2, 0.25) is 0 Å². The summed E-state index contributed by atoms with van der Waals surface area (Å²) < 4.78 is 0. The molecule has 0 unspecified atom stereocenters. The summed E-state index contributed by atoms with van der Waals surface area (Å²) in [5.74, 6) is 0.267. The number of nitrogens with one attached hydrogen (secondary N) is 1. The van der Waals surface area contributed by atoms with Crippen molar-refractivity contribution in [2.24, 2.45) is 0 Å². The Labute approximate surface area is 73.9 Å². The third kappa shape index (κ3) is 3.83. The van der Waals surface area contributed by atoms with Gasteiger partial charge in [-0.3, -0.25) is 4.79 Å². The van der Waals surface area contributed by atoms with Gasteiger partial charge in [0.15, 0.2) is 0 Å². The number of carbonyl (C=O) groups is 1. The number of carbonyl (C=O) groups excluding carboxylic acids is 1. The molecule has 0 spiro atoms. The molecule has 0 aromatic carbocycles. The minimum absolute atomic E-state index is 0.267. The first kappa shape index (κ1) is 9.68. The predicted molar refractivity (Wildman–Crippen MR) is 48.2 cm³/mol. The lowest BCUT2D eigenvalue weighted by Crippen LogP contribution is -2.38. The number of hydrogen-bond donors (Lipinski definition) is 1. The van der Waals surface area contributed by atoms with E-state index in [0.717, 1.165) is 32.5 Å². The summed E-state index contributed by atoms with van der Waals surface area (Å²) in [5.41, 5.74) is 0. The zero-order valence-electron chi connectivity index (χ0n) is 7.68. The summed E-state index contributed by atoms with van der Waals surface area (Å²) in [6.45, 7) is 4.44. The van der Waals surface area contributed by atoms with Gasteiger partial charge in [-0.1, -0.05) is 0 Å². The van der Waals surface area contributed by atoms with Crippen molar-refractivity contribution in [3.05, 3.63) is 0 Å². The Morgan fingerprint density at radius 2 is 2.17 bits per heavy atom. The van der Waals surface area contributed by atoms with Gasteiger partial charge in [-0.25, -0.2) is 5.32 Å². The van der Waals surface area contributed by atoms with Crippen molar-refractivity contribution >= 4 is 5.78 Å². The van der Waals surface area contributed by atoms with Crippen LogP contribution in [0, 0.1) is 0 Å². The molecule has 0 aliphatic carbocycles. The van der Waals surface area contributed by atoms with E-state index in [-0.39, 0.29) is 5.78 Å². The minimum Gasteiger partial charge on any atom is -0.313 e. The first-order valence-corrected chi connectivity index (χ1v) is 4.65. The van der Waals surface area contributed by atoms with Gasteiger partial charge in [0.05, 0.1) is 0 Å². The largest absolute Gasteiger partial charge is 0.313 e. The lowest BCUT2D eigenvalue weighted by molar-refractivity contribution is -0.116. The first-order chi connectivity index (χ1) is 5.79. The minimum atomic E-state index is 0.267. The van der Waals surface area contributed by atoms with Crippen LogP contribution in [0.1, 0.15) is 26.2 Å². The maximum atomic E-state index is 10.6. The van der Waals surface area contributed by atoms with E-state index >= 15 is 0 Å². The van der Waals surface area contributed by atoms with Crippen LogP contribution in [-0.2, 0) is 4.79 Å². The zero-order valence-corrected chi connectivity index (χ0v) is 7.68. The van der Waals surface area contributed by atoms with Crippen molar-refractivity contribution < 1.29 is 4.79 Å². The summed E-state index contributed by atoms with van der Waals surface area (Å²) in [6, 6.07) is 0.599. The Morgan fingerprint density at radius 1 is 1.50 bits per heavy atom. The fourth-order valence-corrected chi connectivity index (χ4v) is 1.41. The molecule has 1 saturated heterocycles. The highest BCUT2D eigenvalue weighted by Gasteiger charge is 2.12. The maximum absolute atomic E-state index is 10.6. The SMILES string of the molecule is CC(=O)CCNC1CC[N]CC1. The third-order valence-electron chi connectivity index (χ3n) is 2.18. The van der Waals surface area contributed by atoms with Crippen LogP contribution >= 0.6 is 0 Å². The highest BCUT2D eigenvalue weighted by atomic mass is 16.1. The van der Waals surface area contributed by atoms with Gasteiger partial charge in [-0.05, 0) is 19.8 Å². The standard InChI is InChI=1S/C9H17N2O/c1-8(12)2-7-11-9-3-5-10-6-4-9/h9,11H,2-7H2,1H3. The molecule has 0 bridgehead atoms. The van der Waals surface area contributed by atoms with Crippen molar-refractivity contribution in [3.8, 4) is 0 Å². The Kier molecular flexibility index (Phi) is 4.25. The summed E-state index contributed by atoms with van der Waals surface area (Å²) in [5, 5.41) is 7.64. The van der Waals surface area contributed by atoms with Crippen LogP contribution in [0.3, 0.4) is 0 Å². The maximum Gasteiger partial charge on any atom is 0.131 e. The van der Waals surface area contributed by atoms with Crippen LogP contribution in [0.15, 0.2) is 0 Å². The molecule has 0 amide bonds. The molecule has 0 aromatic rings. The number of rotatable bonds is 4. The van der Waals surface area contributed by atoms with Crippen LogP contribution in [0.4, 0.5) is 0 Å². The van der Waals surface area contributed by atoms with E-state index < -0.39 is 0 Å². The van der Waals surface area contributed by atoms with Crippen molar-refractivity contribution in [2.75, 3.05) is 19.6 Å². The fraction of sp³-hybridized carbons (Fsp3) is 0.889. The molecule has 1 N–H and O–H groups in total. The second kappa shape index (κ2) is 5.27.